The molecule has 1 N–H and O–H groups in total. The average Bonchev–Trinajstić information content (AvgIpc) is 2.46. The molecule has 0 atom stereocenters. The fourth-order valence-corrected chi connectivity index (χ4v) is 1.65. The summed E-state index contributed by atoms with van der Waals surface area (Å²) < 4.78 is 9.13. The van der Waals surface area contributed by atoms with Gasteiger partial charge in [0.25, 0.3) is 0 Å². The number of esters is 2. The van der Waals surface area contributed by atoms with Crippen LogP contribution in [0.4, 0.5) is 5.69 Å². The summed E-state index contributed by atoms with van der Waals surface area (Å²) >= 11 is 0. The fourth-order valence-electron chi connectivity index (χ4n) is 1.65. The van der Waals surface area contributed by atoms with Crippen molar-refractivity contribution in [3.63, 3.8) is 0 Å². The van der Waals surface area contributed by atoms with Crippen LogP contribution >= 0.6 is 0 Å². The maximum absolute atomic E-state index is 11.6. The zero-order valence-electron chi connectivity index (χ0n) is 12.7. The fraction of sp³-hybridized carbons (Fsp3) is 0.333. The number of nitrogens with zero attached hydrogens (tertiary/aromatic N) is 1. The summed E-state index contributed by atoms with van der Waals surface area (Å²) in [4.78, 5) is 24.9. The van der Waals surface area contributed by atoms with E-state index < -0.39 is 11.9 Å². The van der Waals surface area contributed by atoms with Gasteiger partial charge in [0.2, 0.25) is 0 Å². The highest BCUT2D eigenvalue weighted by Gasteiger charge is 2.12. The molecule has 6 nitrogen and oxygen atoms in total. The van der Waals surface area contributed by atoms with Gasteiger partial charge in [-0.25, -0.2) is 9.59 Å². The summed E-state index contributed by atoms with van der Waals surface area (Å²) in [5, 5.41) is 2.85. The van der Waals surface area contributed by atoms with Crippen LogP contribution in [-0.4, -0.2) is 45.2 Å². The molecule has 0 aliphatic carbocycles. The number of carbonyl (C=O) groups is 2. The van der Waals surface area contributed by atoms with Crippen LogP contribution in [0, 0.1) is 0 Å². The van der Waals surface area contributed by atoms with Crippen molar-refractivity contribution in [1.29, 1.82) is 0 Å². The van der Waals surface area contributed by atoms with Crippen LogP contribution in [0.2, 0.25) is 0 Å². The van der Waals surface area contributed by atoms with Gasteiger partial charge in [0.05, 0.1) is 20.3 Å². The van der Waals surface area contributed by atoms with Crippen molar-refractivity contribution in [1.82, 2.24) is 4.90 Å². The minimum Gasteiger partial charge on any atom is -0.466 e. The number of hydrogen-bond donors (Lipinski definition) is 1. The van der Waals surface area contributed by atoms with E-state index in [4.69, 9.17) is 0 Å². The van der Waals surface area contributed by atoms with Gasteiger partial charge in [0, 0.05) is 12.2 Å². The molecule has 0 bridgehead atoms. The summed E-state index contributed by atoms with van der Waals surface area (Å²) in [5.74, 6) is -1.27. The van der Waals surface area contributed by atoms with Gasteiger partial charge in [-0.3, -0.25) is 0 Å². The third kappa shape index (κ3) is 5.66. The molecular weight excluding hydrogens is 272 g/mol. The minimum atomic E-state index is -0.641. The quantitative estimate of drug-likeness (QED) is 0.631. The lowest BCUT2D eigenvalue weighted by atomic mass is 10.2. The SMILES string of the molecule is COC(=O)/C=C(/Nc1ccc(CN(C)C)cc1)C(=O)OC. The van der Waals surface area contributed by atoms with E-state index in [0.29, 0.717) is 5.69 Å². The Morgan fingerprint density at radius 1 is 1.14 bits per heavy atom. The zero-order valence-corrected chi connectivity index (χ0v) is 12.7. The van der Waals surface area contributed by atoms with Crippen molar-refractivity contribution < 1.29 is 19.1 Å². The molecule has 0 aliphatic heterocycles. The van der Waals surface area contributed by atoms with Crippen LogP contribution in [0.25, 0.3) is 0 Å². The number of ether oxygens (including phenoxy) is 2. The molecule has 1 aromatic carbocycles. The molecule has 1 rings (SSSR count). The van der Waals surface area contributed by atoms with Gasteiger partial charge in [-0.2, -0.15) is 0 Å². The van der Waals surface area contributed by atoms with E-state index in [9.17, 15) is 9.59 Å². The van der Waals surface area contributed by atoms with E-state index in [-0.39, 0.29) is 5.70 Å². The second kappa shape index (κ2) is 8.06. The van der Waals surface area contributed by atoms with E-state index >= 15 is 0 Å². The molecule has 0 fully saturated rings. The van der Waals surface area contributed by atoms with Crippen LogP contribution in [0.15, 0.2) is 36.0 Å². The number of rotatable bonds is 6. The summed E-state index contributed by atoms with van der Waals surface area (Å²) in [6.45, 7) is 0.822. The standard InChI is InChI=1S/C15H20N2O4/c1-17(2)10-11-5-7-12(8-6-11)16-13(15(19)21-4)9-14(18)20-3/h5-9,16H,10H2,1-4H3/b13-9+. The molecule has 0 saturated heterocycles. The highest BCUT2D eigenvalue weighted by Crippen LogP contribution is 2.13. The molecule has 0 unspecified atom stereocenters. The highest BCUT2D eigenvalue weighted by molar-refractivity contribution is 5.98. The summed E-state index contributed by atoms with van der Waals surface area (Å²) in [5.41, 5.74) is 1.84. The van der Waals surface area contributed by atoms with Crippen LogP contribution < -0.4 is 5.32 Å². The van der Waals surface area contributed by atoms with E-state index in [2.05, 4.69) is 19.7 Å². The lowest BCUT2D eigenvalue weighted by Gasteiger charge is -2.12. The summed E-state index contributed by atoms with van der Waals surface area (Å²) in [6.07, 6.45) is 1.06. The third-order valence-electron chi connectivity index (χ3n) is 2.60. The Hall–Kier alpha value is -2.34. The van der Waals surface area contributed by atoms with E-state index in [0.717, 1.165) is 18.2 Å². The van der Waals surface area contributed by atoms with Gasteiger partial charge in [0.1, 0.15) is 5.70 Å². The van der Waals surface area contributed by atoms with Crippen molar-refractivity contribution in [3.05, 3.63) is 41.6 Å². The molecule has 21 heavy (non-hydrogen) atoms. The predicted molar refractivity (Wildman–Crippen MR) is 79.6 cm³/mol. The first kappa shape index (κ1) is 16.7. The number of hydrogen-bond acceptors (Lipinski definition) is 6. The van der Waals surface area contributed by atoms with Crippen LogP contribution in [0.3, 0.4) is 0 Å². The Kier molecular flexibility index (Phi) is 6.42. The first-order chi connectivity index (χ1) is 9.96. The van der Waals surface area contributed by atoms with Crippen molar-refractivity contribution >= 4 is 17.6 Å². The summed E-state index contributed by atoms with van der Waals surface area (Å²) in [6, 6.07) is 7.53. The summed E-state index contributed by atoms with van der Waals surface area (Å²) in [7, 11) is 6.46. The first-order valence-electron chi connectivity index (χ1n) is 6.35. The molecule has 0 saturated carbocycles. The molecule has 114 valence electrons. The lowest BCUT2D eigenvalue weighted by molar-refractivity contribution is -0.138. The highest BCUT2D eigenvalue weighted by atomic mass is 16.5. The van der Waals surface area contributed by atoms with E-state index in [1.165, 1.54) is 14.2 Å². The van der Waals surface area contributed by atoms with E-state index in [1.54, 1.807) is 0 Å². The Morgan fingerprint density at radius 3 is 2.24 bits per heavy atom. The molecule has 0 heterocycles. The third-order valence-corrected chi connectivity index (χ3v) is 2.60. The average molecular weight is 292 g/mol. The van der Waals surface area contributed by atoms with Gasteiger partial charge in [-0.1, -0.05) is 12.1 Å². The monoisotopic (exact) mass is 292 g/mol. The number of carbonyl (C=O) groups excluding carboxylic acids is 2. The number of anilines is 1. The predicted octanol–water partition coefficient (Wildman–Crippen LogP) is 1.39. The van der Waals surface area contributed by atoms with E-state index in [1.807, 2.05) is 38.4 Å². The first-order valence-corrected chi connectivity index (χ1v) is 6.35. The van der Waals surface area contributed by atoms with Gasteiger partial charge in [-0.15, -0.1) is 0 Å². The maximum Gasteiger partial charge on any atom is 0.354 e. The van der Waals surface area contributed by atoms with Crippen molar-refractivity contribution in [2.24, 2.45) is 0 Å². The van der Waals surface area contributed by atoms with Gasteiger partial charge >= 0.3 is 11.9 Å². The van der Waals surface area contributed by atoms with Crippen LogP contribution in [-0.2, 0) is 25.6 Å². The second-order valence-corrected chi connectivity index (χ2v) is 4.63. The Labute approximate surface area is 124 Å². The van der Waals surface area contributed by atoms with Gasteiger partial charge in [-0.05, 0) is 31.8 Å². The van der Waals surface area contributed by atoms with Crippen molar-refractivity contribution in [2.75, 3.05) is 33.6 Å². The van der Waals surface area contributed by atoms with Crippen molar-refractivity contribution in [2.45, 2.75) is 6.54 Å². The van der Waals surface area contributed by atoms with Gasteiger partial charge in [0.15, 0.2) is 0 Å². The second-order valence-electron chi connectivity index (χ2n) is 4.63. The Bertz CT molecular complexity index is 521. The molecule has 6 heteroatoms. The topological polar surface area (TPSA) is 67.9 Å². The molecule has 1 aromatic rings. The Morgan fingerprint density at radius 2 is 1.76 bits per heavy atom. The smallest absolute Gasteiger partial charge is 0.354 e. The Balaban J connectivity index is 2.86. The number of nitrogens with one attached hydrogen (secondary N) is 1. The molecule has 0 radical (unpaired) electrons. The minimum absolute atomic E-state index is 0.0182. The maximum atomic E-state index is 11.6. The number of methoxy groups -OCH3 is 2. The van der Waals surface area contributed by atoms with Crippen LogP contribution in [0.5, 0.6) is 0 Å². The van der Waals surface area contributed by atoms with Crippen LogP contribution in [0.1, 0.15) is 5.56 Å². The molecule has 0 amide bonds. The van der Waals surface area contributed by atoms with Gasteiger partial charge < -0.3 is 19.7 Å². The van der Waals surface area contributed by atoms with Crippen molar-refractivity contribution in [3.8, 4) is 0 Å². The molecule has 0 aromatic heterocycles. The molecule has 0 spiro atoms. The number of benzene rings is 1. The molecular formula is C15H20N2O4. The lowest BCUT2D eigenvalue weighted by Crippen LogP contribution is -2.15. The molecule has 0 aliphatic rings. The normalized spacial score (nSPS) is 11.2. The zero-order chi connectivity index (χ0) is 15.8. The largest absolute Gasteiger partial charge is 0.466 e.